The van der Waals surface area contributed by atoms with E-state index in [1.54, 1.807) is 34.6 Å². The lowest BCUT2D eigenvalue weighted by Gasteiger charge is -2.73. The van der Waals surface area contributed by atoms with E-state index >= 15 is 0 Å². The monoisotopic (exact) mass is 950 g/mol. The van der Waals surface area contributed by atoms with Gasteiger partial charge >= 0.3 is 29.6 Å². The predicted molar refractivity (Wildman–Crippen MR) is 253 cm³/mol. The molecular formula is C52H79N5O11. The summed E-state index contributed by atoms with van der Waals surface area (Å²) in [6.45, 7) is 25.0. The summed E-state index contributed by atoms with van der Waals surface area (Å²) in [5.41, 5.74) is 5.76. The van der Waals surface area contributed by atoms with Gasteiger partial charge in [-0.05, 0) is 156 Å². The van der Waals surface area contributed by atoms with E-state index < -0.39 is 64.3 Å². The molecule has 1 unspecified atom stereocenters. The number of rotatable bonds is 14. The summed E-state index contributed by atoms with van der Waals surface area (Å²) >= 11 is 0. The third-order valence-corrected chi connectivity index (χ3v) is 19.8. The van der Waals surface area contributed by atoms with Crippen molar-refractivity contribution in [3.05, 3.63) is 43.0 Å². The molecule has 2 N–H and O–H groups in total. The standard InChI is InChI=1S/C52H79N5O11/c1-29(2)31-15-20-52(28-66-39(58)24-47(6,7)44(63)65-27-34-33(55-56-53)23-38(67-34)57-26-30(3)42(60)54-45(57)64)22-21-50(11)32(41(31)52)13-14-36-49(10)18-17-37(68-40(59)25-46(4,5)43(61)62)48(8,9)35(49)16-19-51(36,50)12/h26,29,31-38,41H,13-25,27-28H2,1-12H3,(H,61,62)(H,54,60,64)/t31-,32+,33?,34+,35-,36+,37-,38+,41+,49-,50+,51+,52+/m0/s1. The first kappa shape index (κ1) is 51.7. The number of carbonyl (C=O) groups is 4. The molecule has 1 saturated heterocycles. The molecular weight excluding hydrogens is 871 g/mol. The third kappa shape index (κ3) is 8.85. The third-order valence-electron chi connectivity index (χ3n) is 19.8. The Bertz CT molecular complexity index is 2310. The van der Waals surface area contributed by atoms with Gasteiger partial charge < -0.3 is 24.1 Å². The number of carboxylic acids is 1. The number of aromatic nitrogens is 2. The van der Waals surface area contributed by atoms with Gasteiger partial charge in [0.1, 0.15) is 25.0 Å². The molecule has 6 aliphatic rings. The van der Waals surface area contributed by atoms with Crippen LogP contribution in [0.2, 0.25) is 0 Å². The fourth-order valence-electron chi connectivity index (χ4n) is 15.7. The zero-order chi connectivity index (χ0) is 50.2. The topological polar surface area (TPSA) is 229 Å². The number of H-pyrrole nitrogens is 1. The van der Waals surface area contributed by atoms with Crippen molar-refractivity contribution in [3.8, 4) is 0 Å². The molecule has 0 aromatic carbocycles. The number of fused-ring (bicyclic) bond motifs is 7. The number of azide groups is 1. The number of ether oxygens (including phenoxy) is 4. The number of esters is 3. The lowest BCUT2D eigenvalue weighted by Crippen LogP contribution is -2.67. The van der Waals surface area contributed by atoms with E-state index in [0.29, 0.717) is 47.7 Å². The summed E-state index contributed by atoms with van der Waals surface area (Å²) in [4.78, 5) is 82.1. The van der Waals surface area contributed by atoms with Gasteiger partial charge in [0.05, 0.1) is 36.3 Å². The first-order valence-corrected chi connectivity index (χ1v) is 25.3. The lowest BCUT2D eigenvalue weighted by atomic mass is 9.32. The largest absolute Gasteiger partial charge is 0.481 e. The normalized spacial score (nSPS) is 37.4. The minimum Gasteiger partial charge on any atom is -0.481 e. The zero-order valence-corrected chi connectivity index (χ0v) is 42.8. The number of aryl methyl sites for hydroxylation is 1. The van der Waals surface area contributed by atoms with Crippen LogP contribution < -0.4 is 11.2 Å². The predicted octanol–water partition coefficient (Wildman–Crippen LogP) is 9.46. The van der Waals surface area contributed by atoms with Crippen molar-refractivity contribution in [2.45, 2.75) is 191 Å². The van der Waals surface area contributed by atoms with Crippen LogP contribution in [0.15, 0.2) is 20.9 Å². The maximum Gasteiger partial charge on any atom is 0.330 e. The van der Waals surface area contributed by atoms with E-state index in [2.05, 4.69) is 63.5 Å². The molecule has 1 aromatic rings. The first-order chi connectivity index (χ1) is 31.6. The van der Waals surface area contributed by atoms with Gasteiger partial charge in [0.2, 0.25) is 0 Å². The number of hydrogen-bond donors (Lipinski definition) is 2. The SMILES string of the molecule is Cc1cn([C@H]2CC(N=[N+]=[N-])[C@@H](COC(=O)C(C)(C)CC(=O)OC[C@]34CC[C@@H](C(C)C)[C@@H]3[C@H]3CC[C@@H]5[C@@]6(C)CC[C@H](OC(=O)CC(C)(C)C(=O)O)C(C)(C)[C@@H]6CC[C@@]5(C)[C@]3(C)CC4)O2)c(=O)[nH]c1=O. The minimum atomic E-state index is -1.23. The molecule has 1 aliphatic heterocycles. The Morgan fingerprint density at radius 2 is 1.59 bits per heavy atom. The number of carbonyl (C=O) groups excluding carboxylic acids is 3. The second-order valence-electron chi connectivity index (χ2n) is 25.1. The van der Waals surface area contributed by atoms with Crippen LogP contribution in [0.5, 0.6) is 0 Å². The van der Waals surface area contributed by atoms with Gasteiger partial charge in [0, 0.05) is 33.9 Å². The molecule has 13 atom stereocenters. The molecule has 0 amide bonds. The van der Waals surface area contributed by atoms with Gasteiger partial charge in [-0.1, -0.05) is 53.6 Å². The number of nitrogens with one attached hydrogen (secondary N) is 1. The fourth-order valence-corrected chi connectivity index (χ4v) is 15.7. The van der Waals surface area contributed by atoms with Crippen LogP contribution in [0.4, 0.5) is 0 Å². The van der Waals surface area contributed by atoms with Gasteiger partial charge in [0.25, 0.3) is 5.56 Å². The van der Waals surface area contributed by atoms with Crippen LogP contribution in [-0.2, 0) is 38.1 Å². The maximum absolute atomic E-state index is 13.8. The van der Waals surface area contributed by atoms with Gasteiger partial charge in [-0.3, -0.25) is 33.5 Å². The van der Waals surface area contributed by atoms with Crippen LogP contribution >= 0.6 is 0 Å². The molecule has 0 radical (unpaired) electrons. The smallest absolute Gasteiger partial charge is 0.330 e. The van der Waals surface area contributed by atoms with Crippen LogP contribution in [0, 0.1) is 80.3 Å². The molecule has 1 aromatic heterocycles. The minimum absolute atomic E-state index is 0.0580. The second kappa shape index (κ2) is 18.2. The summed E-state index contributed by atoms with van der Waals surface area (Å²) in [6, 6.07) is -0.746. The molecule has 0 bridgehead atoms. The molecule has 16 heteroatoms. The van der Waals surface area contributed by atoms with Crippen molar-refractivity contribution in [1.82, 2.24) is 9.55 Å². The Morgan fingerprint density at radius 3 is 2.25 bits per heavy atom. The van der Waals surface area contributed by atoms with Crippen LogP contribution in [0.3, 0.4) is 0 Å². The molecule has 16 nitrogen and oxygen atoms in total. The molecule has 68 heavy (non-hydrogen) atoms. The number of nitrogens with zero attached hydrogens (tertiary/aromatic N) is 4. The zero-order valence-electron chi connectivity index (χ0n) is 42.8. The number of aromatic amines is 1. The molecule has 6 fully saturated rings. The lowest BCUT2D eigenvalue weighted by molar-refractivity contribution is -0.253. The van der Waals surface area contributed by atoms with E-state index in [0.717, 1.165) is 64.2 Å². The number of carboxylic acid groups (broad SMARTS) is 1. The molecule has 5 saturated carbocycles. The Kier molecular flexibility index (Phi) is 13.8. The summed E-state index contributed by atoms with van der Waals surface area (Å²) < 4.78 is 25.5. The summed E-state index contributed by atoms with van der Waals surface area (Å²) in [5.74, 6) is 0.185. The van der Waals surface area contributed by atoms with E-state index in [1.165, 1.54) is 10.8 Å². The molecule has 5 aliphatic carbocycles. The average molecular weight is 950 g/mol. The number of hydrogen-bond acceptors (Lipinski definition) is 11. The van der Waals surface area contributed by atoms with Crippen molar-refractivity contribution in [2.75, 3.05) is 13.2 Å². The molecule has 2 heterocycles. The molecule has 378 valence electrons. The highest BCUT2D eigenvalue weighted by Crippen LogP contribution is 2.77. The van der Waals surface area contributed by atoms with Gasteiger partial charge in [-0.2, -0.15) is 0 Å². The Morgan fingerprint density at radius 1 is 0.897 bits per heavy atom. The fraction of sp³-hybridized carbons (Fsp3) is 0.846. The van der Waals surface area contributed by atoms with E-state index in [1.807, 2.05) is 0 Å². The van der Waals surface area contributed by atoms with Crippen molar-refractivity contribution in [2.24, 2.45) is 78.5 Å². The average Bonchev–Trinajstić information content (AvgIpc) is 3.83. The van der Waals surface area contributed by atoms with Gasteiger partial charge in [-0.15, -0.1) is 0 Å². The highest BCUT2D eigenvalue weighted by Gasteiger charge is 2.71. The summed E-state index contributed by atoms with van der Waals surface area (Å²) in [7, 11) is 0. The summed E-state index contributed by atoms with van der Waals surface area (Å²) in [5, 5.41) is 13.5. The number of aliphatic carboxylic acids is 1. The van der Waals surface area contributed by atoms with E-state index in [-0.39, 0.29) is 59.0 Å². The van der Waals surface area contributed by atoms with Crippen LogP contribution in [-0.4, -0.2) is 70.0 Å². The molecule has 7 rings (SSSR count). The second-order valence-corrected chi connectivity index (χ2v) is 25.1. The quantitative estimate of drug-likeness (QED) is 0.0586. The van der Waals surface area contributed by atoms with Crippen LogP contribution in [0.1, 0.15) is 171 Å². The Balaban J connectivity index is 1.01. The maximum atomic E-state index is 13.8. The van der Waals surface area contributed by atoms with Gasteiger partial charge in [0.15, 0.2) is 0 Å². The van der Waals surface area contributed by atoms with Gasteiger partial charge in [-0.25, -0.2) is 4.79 Å². The molecule has 0 spiro atoms. The summed E-state index contributed by atoms with van der Waals surface area (Å²) in [6.07, 6.45) is 9.47. The van der Waals surface area contributed by atoms with Crippen molar-refractivity contribution < 1.29 is 43.2 Å². The van der Waals surface area contributed by atoms with Crippen molar-refractivity contribution >= 4 is 23.9 Å². The highest BCUT2D eigenvalue weighted by atomic mass is 16.6. The Hall–Kier alpha value is -4.17. The van der Waals surface area contributed by atoms with Crippen molar-refractivity contribution in [3.63, 3.8) is 0 Å². The van der Waals surface area contributed by atoms with Crippen molar-refractivity contribution in [1.29, 1.82) is 0 Å². The first-order valence-electron chi connectivity index (χ1n) is 25.3. The van der Waals surface area contributed by atoms with E-state index in [9.17, 15) is 39.4 Å². The Labute approximate surface area is 401 Å². The van der Waals surface area contributed by atoms with Crippen LogP contribution in [0.25, 0.3) is 10.4 Å². The van der Waals surface area contributed by atoms with E-state index in [4.69, 9.17) is 18.9 Å². The highest BCUT2D eigenvalue weighted by molar-refractivity contribution is 5.83.